The molecule has 0 aliphatic rings. The zero-order chi connectivity index (χ0) is 20.7. The van der Waals surface area contributed by atoms with Crippen molar-refractivity contribution in [1.29, 1.82) is 0 Å². The van der Waals surface area contributed by atoms with Crippen LogP contribution in [0.2, 0.25) is 0 Å². The highest BCUT2D eigenvalue weighted by Gasteiger charge is 2.18. The summed E-state index contributed by atoms with van der Waals surface area (Å²) in [5, 5.41) is 2.20. The van der Waals surface area contributed by atoms with Crippen LogP contribution in [0, 0.1) is 11.8 Å². The van der Waals surface area contributed by atoms with Gasteiger partial charge in [0.05, 0.1) is 23.1 Å². The Bertz CT molecular complexity index is 1010. The SMILES string of the molecule is CC(C)S(=O)(=O)c1ccc(CC(=O)NCC#Cc2ccc(C(N)=O)cc2)cc1. The maximum atomic E-state index is 12.1. The topological polar surface area (TPSA) is 106 Å². The van der Waals surface area contributed by atoms with Crippen LogP contribution in [0.5, 0.6) is 0 Å². The number of hydrogen-bond donors (Lipinski definition) is 2. The van der Waals surface area contributed by atoms with Gasteiger partial charge >= 0.3 is 0 Å². The normalized spacial score (nSPS) is 10.8. The Morgan fingerprint density at radius 3 is 2.18 bits per heavy atom. The number of rotatable bonds is 6. The lowest BCUT2D eigenvalue weighted by Gasteiger charge is -2.08. The number of sulfone groups is 1. The van der Waals surface area contributed by atoms with Gasteiger partial charge in [-0.25, -0.2) is 8.42 Å². The molecule has 0 aliphatic heterocycles. The van der Waals surface area contributed by atoms with Gasteiger partial charge in [-0.1, -0.05) is 24.0 Å². The highest BCUT2D eigenvalue weighted by atomic mass is 32.2. The standard InChI is InChI=1S/C21H22N2O4S/c1-15(2)28(26,27)19-11-7-17(8-12-19)14-20(24)23-13-3-4-16-5-9-18(10-6-16)21(22)25/h5-12,15H,13-14H2,1-2H3,(H2,22,25)(H,23,24). The first-order valence-electron chi connectivity index (χ1n) is 8.68. The molecule has 0 bridgehead atoms. The van der Waals surface area contributed by atoms with Crippen molar-refractivity contribution in [1.82, 2.24) is 5.32 Å². The average Bonchev–Trinajstić information content (AvgIpc) is 2.66. The lowest BCUT2D eigenvalue weighted by molar-refractivity contribution is -0.120. The van der Waals surface area contributed by atoms with Gasteiger partial charge < -0.3 is 11.1 Å². The van der Waals surface area contributed by atoms with Gasteiger partial charge in [-0.05, 0) is 55.8 Å². The van der Waals surface area contributed by atoms with E-state index in [-0.39, 0.29) is 23.8 Å². The highest BCUT2D eigenvalue weighted by Crippen LogP contribution is 2.16. The van der Waals surface area contributed by atoms with E-state index in [9.17, 15) is 18.0 Å². The molecule has 3 N–H and O–H groups in total. The Kier molecular flexibility index (Phi) is 6.96. The lowest BCUT2D eigenvalue weighted by atomic mass is 10.1. The molecule has 0 aliphatic carbocycles. The Labute approximate surface area is 165 Å². The predicted molar refractivity (Wildman–Crippen MR) is 107 cm³/mol. The van der Waals surface area contributed by atoms with Gasteiger partial charge in [0, 0.05) is 11.1 Å². The summed E-state index contributed by atoms with van der Waals surface area (Å²) < 4.78 is 24.2. The van der Waals surface area contributed by atoms with Crippen LogP contribution in [0.15, 0.2) is 53.4 Å². The van der Waals surface area contributed by atoms with Crippen molar-refractivity contribution in [2.45, 2.75) is 30.4 Å². The summed E-state index contributed by atoms with van der Waals surface area (Å²) in [6, 6.07) is 12.9. The zero-order valence-electron chi connectivity index (χ0n) is 15.7. The third-order valence-corrected chi connectivity index (χ3v) is 6.18. The van der Waals surface area contributed by atoms with Gasteiger partial charge in [-0.3, -0.25) is 9.59 Å². The highest BCUT2D eigenvalue weighted by molar-refractivity contribution is 7.92. The zero-order valence-corrected chi connectivity index (χ0v) is 16.5. The summed E-state index contributed by atoms with van der Waals surface area (Å²) in [5.74, 6) is 5.00. The fraction of sp³-hybridized carbons (Fsp3) is 0.238. The van der Waals surface area contributed by atoms with Crippen molar-refractivity contribution in [3.8, 4) is 11.8 Å². The van der Waals surface area contributed by atoms with Crippen molar-refractivity contribution in [3.05, 3.63) is 65.2 Å². The fourth-order valence-corrected chi connectivity index (χ4v) is 3.38. The lowest BCUT2D eigenvalue weighted by Crippen LogP contribution is -2.25. The molecule has 2 aromatic rings. The third kappa shape index (κ3) is 5.69. The van der Waals surface area contributed by atoms with Gasteiger partial charge in [0.2, 0.25) is 11.8 Å². The van der Waals surface area contributed by atoms with Crippen LogP contribution in [0.25, 0.3) is 0 Å². The van der Waals surface area contributed by atoms with Crippen LogP contribution in [0.3, 0.4) is 0 Å². The Balaban J connectivity index is 1.87. The maximum absolute atomic E-state index is 12.1. The summed E-state index contributed by atoms with van der Waals surface area (Å²) >= 11 is 0. The number of nitrogens with one attached hydrogen (secondary N) is 1. The van der Waals surface area contributed by atoms with E-state index in [1.165, 1.54) is 12.1 Å². The fourth-order valence-electron chi connectivity index (χ4n) is 2.32. The van der Waals surface area contributed by atoms with Crippen molar-refractivity contribution in [2.75, 3.05) is 6.54 Å². The van der Waals surface area contributed by atoms with Crippen LogP contribution in [0.1, 0.15) is 35.3 Å². The number of hydrogen-bond acceptors (Lipinski definition) is 4. The number of amides is 2. The van der Waals surface area contributed by atoms with Crippen LogP contribution in [-0.4, -0.2) is 32.0 Å². The van der Waals surface area contributed by atoms with E-state index in [2.05, 4.69) is 17.2 Å². The molecule has 0 unspecified atom stereocenters. The average molecular weight is 398 g/mol. The smallest absolute Gasteiger partial charge is 0.248 e. The van der Waals surface area contributed by atoms with E-state index < -0.39 is 21.0 Å². The summed E-state index contributed by atoms with van der Waals surface area (Å²) in [6.07, 6.45) is 0.136. The van der Waals surface area contributed by atoms with E-state index in [1.807, 2.05) is 0 Å². The second-order valence-corrected chi connectivity index (χ2v) is 8.94. The second kappa shape index (κ2) is 9.20. The maximum Gasteiger partial charge on any atom is 0.248 e. The van der Waals surface area contributed by atoms with Crippen LogP contribution in [0.4, 0.5) is 0 Å². The van der Waals surface area contributed by atoms with E-state index in [0.717, 1.165) is 5.56 Å². The summed E-state index contributed by atoms with van der Waals surface area (Å²) in [7, 11) is -3.32. The van der Waals surface area contributed by atoms with Gasteiger partial charge in [0.25, 0.3) is 0 Å². The molecular formula is C21H22N2O4S. The third-order valence-electron chi connectivity index (χ3n) is 4.01. The van der Waals surface area contributed by atoms with Gasteiger partial charge in [0.15, 0.2) is 9.84 Å². The van der Waals surface area contributed by atoms with Crippen molar-refractivity contribution >= 4 is 21.7 Å². The molecule has 2 amide bonds. The molecule has 146 valence electrons. The van der Waals surface area contributed by atoms with Crippen molar-refractivity contribution < 1.29 is 18.0 Å². The number of nitrogens with two attached hydrogens (primary N) is 1. The number of benzene rings is 2. The first-order chi connectivity index (χ1) is 13.2. The first kappa shape index (κ1) is 21.2. The Morgan fingerprint density at radius 2 is 1.64 bits per heavy atom. The number of carbonyl (C=O) groups is 2. The molecule has 2 aromatic carbocycles. The minimum absolute atomic E-state index is 0.136. The van der Waals surface area contributed by atoms with Gasteiger partial charge in [0.1, 0.15) is 0 Å². The Hall–Kier alpha value is -3.11. The summed E-state index contributed by atoms with van der Waals surface area (Å²) in [5.41, 5.74) is 7.01. The quantitative estimate of drug-likeness (QED) is 0.722. The molecule has 0 heterocycles. The summed E-state index contributed by atoms with van der Waals surface area (Å²) in [4.78, 5) is 23.2. The molecule has 28 heavy (non-hydrogen) atoms. The molecule has 6 nitrogen and oxygen atoms in total. The predicted octanol–water partition coefficient (Wildman–Crippen LogP) is 1.68. The minimum atomic E-state index is -3.32. The van der Waals surface area contributed by atoms with E-state index in [0.29, 0.717) is 11.1 Å². The van der Waals surface area contributed by atoms with Crippen LogP contribution in [-0.2, 0) is 21.1 Å². The minimum Gasteiger partial charge on any atom is -0.366 e. The number of carbonyl (C=O) groups excluding carboxylic acids is 2. The molecule has 0 aromatic heterocycles. The molecule has 0 spiro atoms. The van der Waals surface area contributed by atoms with E-state index in [4.69, 9.17) is 5.73 Å². The molecule has 2 rings (SSSR count). The van der Waals surface area contributed by atoms with Gasteiger partial charge in [-0.2, -0.15) is 0 Å². The van der Waals surface area contributed by atoms with Crippen molar-refractivity contribution in [2.24, 2.45) is 5.73 Å². The molecule has 0 radical (unpaired) electrons. The largest absolute Gasteiger partial charge is 0.366 e. The molecule has 0 fully saturated rings. The first-order valence-corrected chi connectivity index (χ1v) is 10.2. The van der Waals surface area contributed by atoms with Gasteiger partial charge in [-0.15, -0.1) is 0 Å². The molecule has 0 atom stereocenters. The molecule has 7 heteroatoms. The summed E-state index contributed by atoms with van der Waals surface area (Å²) in [6.45, 7) is 3.43. The number of primary amides is 1. The molecule has 0 saturated carbocycles. The monoisotopic (exact) mass is 398 g/mol. The van der Waals surface area contributed by atoms with Crippen molar-refractivity contribution in [3.63, 3.8) is 0 Å². The van der Waals surface area contributed by atoms with E-state index >= 15 is 0 Å². The molecule has 0 saturated heterocycles. The van der Waals surface area contributed by atoms with Crippen LogP contribution < -0.4 is 11.1 Å². The van der Waals surface area contributed by atoms with E-state index in [1.54, 1.807) is 50.2 Å². The second-order valence-electron chi connectivity index (χ2n) is 6.43. The molecular weight excluding hydrogens is 376 g/mol. The van der Waals surface area contributed by atoms with Crippen LogP contribution >= 0.6 is 0 Å². The Morgan fingerprint density at radius 1 is 1.04 bits per heavy atom.